The number of halogens is 1. The molecular weight excluding hydrogens is 303 g/mol. The summed E-state index contributed by atoms with van der Waals surface area (Å²) in [6.45, 7) is 0. The van der Waals surface area contributed by atoms with Crippen LogP contribution in [-0.2, 0) is 0 Å². The molecule has 0 saturated heterocycles. The van der Waals surface area contributed by atoms with Crippen molar-refractivity contribution in [3.05, 3.63) is 69.5 Å². The summed E-state index contributed by atoms with van der Waals surface area (Å²) in [4.78, 5) is 22.3. The summed E-state index contributed by atoms with van der Waals surface area (Å²) in [5.41, 5.74) is 5.17. The summed E-state index contributed by atoms with van der Waals surface area (Å²) in [5.74, 6) is -1.45. The van der Waals surface area contributed by atoms with Crippen LogP contribution in [0.2, 0.25) is 0 Å². The molecule has 23 heavy (non-hydrogen) atoms. The third-order valence-electron chi connectivity index (χ3n) is 3.11. The van der Waals surface area contributed by atoms with Gasteiger partial charge in [-0.2, -0.15) is 5.26 Å². The van der Waals surface area contributed by atoms with E-state index in [0.717, 1.165) is 18.2 Å². The number of nitrogens with one attached hydrogen (secondary N) is 1. The van der Waals surface area contributed by atoms with Gasteiger partial charge in [-0.3, -0.25) is 14.9 Å². The van der Waals surface area contributed by atoms with Crippen LogP contribution < -0.4 is 11.1 Å². The van der Waals surface area contributed by atoms with Crippen molar-refractivity contribution in [2.45, 2.75) is 6.04 Å². The molecule has 1 atom stereocenters. The second-order valence-electron chi connectivity index (χ2n) is 4.59. The van der Waals surface area contributed by atoms with Crippen molar-refractivity contribution in [1.29, 1.82) is 5.26 Å². The highest BCUT2D eigenvalue weighted by Crippen LogP contribution is 2.22. The van der Waals surface area contributed by atoms with Gasteiger partial charge < -0.3 is 11.1 Å². The molecule has 7 nitrogen and oxygen atoms in total. The Labute approximate surface area is 130 Å². The highest BCUT2D eigenvalue weighted by Gasteiger charge is 2.21. The van der Waals surface area contributed by atoms with Gasteiger partial charge in [0.05, 0.1) is 16.6 Å². The first-order valence-corrected chi connectivity index (χ1v) is 6.43. The van der Waals surface area contributed by atoms with Crippen LogP contribution in [0.1, 0.15) is 22.0 Å². The van der Waals surface area contributed by atoms with Crippen LogP contribution in [0.3, 0.4) is 0 Å². The molecule has 0 fully saturated rings. The Morgan fingerprint density at radius 2 is 2.04 bits per heavy atom. The fourth-order valence-corrected chi connectivity index (χ4v) is 1.95. The molecule has 0 heterocycles. The Morgan fingerprint density at radius 1 is 1.35 bits per heavy atom. The molecule has 3 N–H and O–H groups in total. The Balaban J connectivity index is 2.31. The average Bonchev–Trinajstić information content (AvgIpc) is 2.53. The number of amides is 1. The SMILES string of the molecule is N#C[C@H](NC(=O)c1cc([N+](=O)[O-])ccc1N)c1ccccc1F. The number of anilines is 1. The Kier molecular flexibility index (Phi) is 4.52. The van der Waals surface area contributed by atoms with E-state index in [0.29, 0.717) is 0 Å². The molecule has 0 saturated carbocycles. The van der Waals surface area contributed by atoms with Crippen LogP contribution in [0.25, 0.3) is 0 Å². The topological polar surface area (TPSA) is 122 Å². The normalized spacial score (nSPS) is 11.3. The molecule has 0 aromatic heterocycles. The van der Waals surface area contributed by atoms with Gasteiger partial charge in [0.25, 0.3) is 11.6 Å². The zero-order valence-electron chi connectivity index (χ0n) is 11.7. The molecule has 0 aliphatic rings. The lowest BCUT2D eigenvalue weighted by Crippen LogP contribution is -2.29. The van der Waals surface area contributed by atoms with Gasteiger partial charge in [-0.15, -0.1) is 0 Å². The molecule has 2 aromatic rings. The smallest absolute Gasteiger partial charge is 0.270 e. The van der Waals surface area contributed by atoms with E-state index in [4.69, 9.17) is 11.0 Å². The number of nitrogens with two attached hydrogens (primary N) is 1. The summed E-state index contributed by atoms with van der Waals surface area (Å²) >= 11 is 0. The second-order valence-corrected chi connectivity index (χ2v) is 4.59. The first kappa shape index (κ1) is 15.9. The number of hydrogen-bond donors (Lipinski definition) is 2. The van der Waals surface area contributed by atoms with Crippen molar-refractivity contribution >= 4 is 17.3 Å². The van der Waals surface area contributed by atoms with Gasteiger partial charge in [0.15, 0.2) is 0 Å². The molecule has 1 amide bonds. The highest BCUT2D eigenvalue weighted by atomic mass is 19.1. The summed E-state index contributed by atoms with van der Waals surface area (Å²) in [6, 6.07) is 9.40. The van der Waals surface area contributed by atoms with Gasteiger partial charge in [-0.1, -0.05) is 18.2 Å². The van der Waals surface area contributed by atoms with Crippen molar-refractivity contribution in [2.24, 2.45) is 0 Å². The molecule has 2 rings (SSSR count). The molecule has 2 aromatic carbocycles. The lowest BCUT2D eigenvalue weighted by Gasteiger charge is -2.13. The zero-order chi connectivity index (χ0) is 17.0. The number of non-ortho nitro benzene ring substituents is 1. The number of carbonyl (C=O) groups is 1. The third kappa shape index (κ3) is 3.41. The van der Waals surface area contributed by atoms with E-state index in [1.807, 2.05) is 0 Å². The number of nitro groups is 1. The average molecular weight is 314 g/mol. The largest absolute Gasteiger partial charge is 0.398 e. The van der Waals surface area contributed by atoms with E-state index in [9.17, 15) is 19.3 Å². The van der Waals surface area contributed by atoms with E-state index >= 15 is 0 Å². The number of rotatable bonds is 4. The first-order chi connectivity index (χ1) is 10.9. The fourth-order valence-electron chi connectivity index (χ4n) is 1.95. The van der Waals surface area contributed by atoms with E-state index < -0.39 is 22.7 Å². The number of nitro benzene ring substituents is 1. The molecular formula is C15H11FN4O3. The van der Waals surface area contributed by atoms with Crippen molar-refractivity contribution < 1.29 is 14.1 Å². The van der Waals surface area contributed by atoms with Crippen molar-refractivity contribution in [3.8, 4) is 6.07 Å². The van der Waals surface area contributed by atoms with Crippen LogP contribution in [-0.4, -0.2) is 10.8 Å². The third-order valence-corrected chi connectivity index (χ3v) is 3.11. The monoisotopic (exact) mass is 314 g/mol. The van der Waals surface area contributed by atoms with E-state index in [1.54, 1.807) is 6.07 Å². The van der Waals surface area contributed by atoms with Gasteiger partial charge >= 0.3 is 0 Å². The Bertz CT molecular complexity index is 817. The molecule has 0 spiro atoms. The van der Waals surface area contributed by atoms with Gasteiger partial charge in [0, 0.05) is 23.4 Å². The van der Waals surface area contributed by atoms with Gasteiger partial charge in [-0.05, 0) is 12.1 Å². The number of benzene rings is 2. The van der Waals surface area contributed by atoms with Gasteiger partial charge in [-0.25, -0.2) is 4.39 Å². The zero-order valence-corrected chi connectivity index (χ0v) is 11.7. The van der Waals surface area contributed by atoms with Crippen LogP contribution in [0.5, 0.6) is 0 Å². The molecule has 0 unspecified atom stereocenters. The number of carbonyl (C=O) groups excluding carboxylic acids is 1. The summed E-state index contributed by atoms with van der Waals surface area (Å²) in [5, 5.41) is 22.2. The predicted molar refractivity (Wildman–Crippen MR) is 79.7 cm³/mol. The molecule has 8 heteroatoms. The summed E-state index contributed by atoms with van der Waals surface area (Å²) in [7, 11) is 0. The maximum absolute atomic E-state index is 13.7. The standard InChI is InChI=1S/C15H11FN4O3/c16-12-4-2-1-3-10(12)14(8-17)19-15(21)11-7-9(20(22)23)5-6-13(11)18/h1-7,14H,18H2,(H,19,21)/t14-/m0/s1. The predicted octanol–water partition coefficient (Wildman–Crippen LogP) is 2.31. The summed E-state index contributed by atoms with van der Waals surface area (Å²) in [6.07, 6.45) is 0. The van der Waals surface area contributed by atoms with Crippen molar-refractivity contribution in [2.75, 3.05) is 5.73 Å². The minimum Gasteiger partial charge on any atom is -0.398 e. The van der Waals surface area contributed by atoms with Crippen molar-refractivity contribution in [3.63, 3.8) is 0 Å². The molecule has 0 bridgehead atoms. The van der Waals surface area contributed by atoms with E-state index in [2.05, 4.69) is 5.32 Å². The minimum absolute atomic E-state index is 0.00708. The maximum Gasteiger partial charge on any atom is 0.270 e. The van der Waals surface area contributed by atoms with E-state index in [-0.39, 0.29) is 22.5 Å². The molecule has 0 radical (unpaired) electrons. The van der Waals surface area contributed by atoms with Crippen LogP contribution >= 0.6 is 0 Å². The van der Waals surface area contributed by atoms with Gasteiger partial charge in [0.2, 0.25) is 0 Å². The number of nitrogen functional groups attached to an aromatic ring is 1. The van der Waals surface area contributed by atoms with E-state index in [1.165, 1.54) is 24.3 Å². The fraction of sp³-hybridized carbons (Fsp3) is 0.0667. The van der Waals surface area contributed by atoms with Crippen LogP contribution in [0, 0.1) is 27.3 Å². The Morgan fingerprint density at radius 3 is 2.65 bits per heavy atom. The number of nitriles is 1. The highest BCUT2D eigenvalue weighted by molar-refractivity contribution is 6.00. The quantitative estimate of drug-likeness (QED) is 0.509. The first-order valence-electron chi connectivity index (χ1n) is 6.43. The van der Waals surface area contributed by atoms with Crippen LogP contribution in [0.15, 0.2) is 42.5 Å². The molecule has 116 valence electrons. The number of nitrogens with zero attached hydrogens (tertiary/aromatic N) is 2. The van der Waals surface area contributed by atoms with Crippen LogP contribution in [0.4, 0.5) is 15.8 Å². The lowest BCUT2D eigenvalue weighted by atomic mass is 10.1. The second kappa shape index (κ2) is 6.53. The Hall–Kier alpha value is -3.47. The molecule has 0 aliphatic heterocycles. The van der Waals surface area contributed by atoms with Gasteiger partial charge in [0.1, 0.15) is 11.9 Å². The lowest BCUT2D eigenvalue weighted by molar-refractivity contribution is -0.384. The molecule has 0 aliphatic carbocycles. The van der Waals surface area contributed by atoms with Crippen molar-refractivity contribution in [1.82, 2.24) is 5.32 Å². The minimum atomic E-state index is -1.25. The maximum atomic E-state index is 13.7. The summed E-state index contributed by atoms with van der Waals surface area (Å²) < 4.78 is 13.7. The number of hydrogen-bond acceptors (Lipinski definition) is 5.